The fraction of sp³-hybridized carbons (Fsp3) is 0.308. The van der Waals surface area contributed by atoms with Gasteiger partial charge >= 0.3 is 0 Å². The van der Waals surface area contributed by atoms with Crippen molar-refractivity contribution in [1.29, 1.82) is 0 Å². The first-order valence-corrected chi connectivity index (χ1v) is 7.65. The largest absolute Gasteiger partial charge is 0.309 e. The van der Waals surface area contributed by atoms with Gasteiger partial charge in [-0.1, -0.05) is 13.8 Å². The molecule has 0 aliphatic rings. The summed E-state index contributed by atoms with van der Waals surface area (Å²) in [5.74, 6) is 0. The number of nitrogens with zero attached hydrogens (tertiary/aromatic N) is 2. The standard InChI is InChI=1S/C13H15BrIN3/c1-9(2)16-6-10-7-18(8-17-10)11-3-4-12(14)13(15)5-11/h3-5,7-9,16H,6H2,1-2H3. The van der Waals surface area contributed by atoms with Gasteiger partial charge in [0, 0.05) is 32.5 Å². The van der Waals surface area contributed by atoms with Crippen LogP contribution in [0, 0.1) is 3.57 Å². The molecule has 5 heteroatoms. The molecule has 18 heavy (non-hydrogen) atoms. The molecule has 0 amide bonds. The van der Waals surface area contributed by atoms with Crippen molar-refractivity contribution in [2.45, 2.75) is 26.4 Å². The van der Waals surface area contributed by atoms with Gasteiger partial charge in [0.05, 0.1) is 12.0 Å². The minimum absolute atomic E-state index is 0.476. The molecule has 2 rings (SSSR count). The summed E-state index contributed by atoms with van der Waals surface area (Å²) in [6, 6.07) is 6.74. The summed E-state index contributed by atoms with van der Waals surface area (Å²) in [4.78, 5) is 4.40. The number of hydrogen-bond acceptors (Lipinski definition) is 2. The van der Waals surface area contributed by atoms with Crippen LogP contribution in [0.3, 0.4) is 0 Å². The van der Waals surface area contributed by atoms with Gasteiger partial charge < -0.3 is 9.88 Å². The summed E-state index contributed by atoms with van der Waals surface area (Å²) in [6.45, 7) is 5.07. The third-order valence-electron chi connectivity index (χ3n) is 2.53. The first-order valence-electron chi connectivity index (χ1n) is 5.78. The summed E-state index contributed by atoms with van der Waals surface area (Å²) >= 11 is 5.82. The lowest BCUT2D eigenvalue weighted by Gasteiger charge is -2.05. The molecule has 0 spiro atoms. The van der Waals surface area contributed by atoms with E-state index in [2.05, 4.69) is 87.1 Å². The predicted molar refractivity (Wildman–Crippen MR) is 86.0 cm³/mol. The minimum atomic E-state index is 0.476. The number of halogens is 2. The highest BCUT2D eigenvalue weighted by atomic mass is 127. The predicted octanol–water partition coefficient (Wildman–Crippen LogP) is 3.74. The van der Waals surface area contributed by atoms with Crippen LogP contribution in [0.5, 0.6) is 0 Å². The third-order valence-corrected chi connectivity index (χ3v) is 4.85. The lowest BCUT2D eigenvalue weighted by molar-refractivity contribution is 0.582. The first kappa shape index (κ1) is 14.0. The van der Waals surface area contributed by atoms with Crippen LogP contribution in [-0.4, -0.2) is 15.6 Å². The highest BCUT2D eigenvalue weighted by molar-refractivity contribution is 14.1. The van der Waals surface area contributed by atoms with Gasteiger partial charge in [-0.2, -0.15) is 0 Å². The Labute approximate surface area is 129 Å². The molecule has 96 valence electrons. The topological polar surface area (TPSA) is 29.9 Å². The molecule has 0 atom stereocenters. The van der Waals surface area contributed by atoms with Crippen LogP contribution in [0.2, 0.25) is 0 Å². The van der Waals surface area contributed by atoms with E-state index in [1.807, 2.05) is 10.9 Å². The molecule has 2 aromatic rings. The van der Waals surface area contributed by atoms with Gasteiger partial charge in [0.1, 0.15) is 0 Å². The highest BCUT2D eigenvalue weighted by Crippen LogP contribution is 2.22. The molecule has 0 saturated carbocycles. The first-order chi connectivity index (χ1) is 8.56. The van der Waals surface area contributed by atoms with Gasteiger partial charge in [-0.25, -0.2) is 4.98 Å². The van der Waals surface area contributed by atoms with Crippen LogP contribution in [0.4, 0.5) is 0 Å². The Balaban J connectivity index is 2.16. The Kier molecular flexibility index (Phi) is 4.80. The Morgan fingerprint density at radius 3 is 2.89 bits per heavy atom. The van der Waals surface area contributed by atoms with Gasteiger partial charge in [-0.3, -0.25) is 0 Å². The number of imidazole rings is 1. The van der Waals surface area contributed by atoms with Gasteiger partial charge in [-0.15, -0.1) is 0 Å². The van der Waals surface area contributed by atoms with Crippen molar-refractivity contribution in [3.63, 3.8) is 0 Å². The van der Waals surface area contributed by atoms with E-state index in [1.54, 1.807) is 0 Å². The summed E-state index contributed by atoms with van der Waals surface area (Å²) in [7, 11) is 0. The Bertz CT molecular complexity index is 537. The molecule has 0 radical (unpaired) electrons. The van der Waals surface area contributed by atoms with Crippen LogP contribution >= 0.6 is 38.5 Å². The second-order valence-corrected chi connectivity index (χ2v) is 6.42. The van der Waals surface area contributed by atoms with E-state index in [0.29, 0.717) is 6.04 Å². The fourth-order valence-corrected chi connectivity index (χ4v) is 2.30. The SMILES string of the molecule is CC(C)NCc1cn(-c2ccc(Br)c(I)c2)cn1. The molecule has 0 aliphatic heterocycles. The van der Waals surface area contributed by atoms with E-state index in [4.69, 9.17) is 0 Å². The van der Waals surface area contributed by atoms with Gasteiger partial charge in [0.25, 0.3) is 0 Å². The van der Waals surface area contributed by atoms with Crippen LogP contribution in [-0.2, 0) is 6.54 Å². The van der Waals surface area contributed by atoms with Crippen LogP contribution in [0.15, 0.2) is 35.2 Å². The van der Waals surface area contributed by atoms with E-state index in [0.717, 1.165) is 22.4 Å². The molecule has 3 nitrogen and oxygen atoms in total. The van der Waals surface area contributed by atoms with Crippen LogP contribution in [0.1, 0.15) is 19.5 Å². The fourth-order valence-electron chi connectivity index (χ4n) is 1.55. The van der Waals surface area contributed by atoms with Crippen molar-refractivity contribution >= 4 is 38.5 Å². The molecule has 0 fully saturated rings. The number of hydrogen-bond donors (Lipinski definition) is 1. The average Bonchev–Trinajstić information content (AvgIpc) is 2.79. The average molecular weight is 420 g/mol. The van der Waals surface area contributed by atoms with E-state index in [1.165, 1.54) is 3.57 Å². The van der Waals surface area contributed by atoms with Crippen molar-refractivity contribution in [3.05, 3.63) is 44.5 Å². The molecule has 0 saturated heterocycles. The lowest BCUT2D eigenvalue weighted by Crippen LogP contribution is -2.21. The van der Waals surface area contributed by atoms with Crippen LogP contribution < -0.4 is 5.32 Å². The van der Waals surface area contributed by atoms with Crippen molar-refractivity contribution in [1.82, 2.24) is 14.9 Å². The van der Waals surface area contributed by atoms with Gasteiger partial charge in [-0.05, 0) is 56.7 Å². The quantitative estimate of drug-likeness (QED) is 0.765. The molecule has 1 N–H and O–H groups in total. The van der Waals surface area contributed by atoms with E-state index < -0.39 is 0 Å². The van der Waals surface area contributed by atoms with Crippen molar-refractivity contribution < 1.29 is 0 Å². The summed E-state index contributed by atoms with van der Waals surface area (Å²) < 4.78 is 4.36. The number of nitrogens with one attached hydrogen (secondary N) is 1. The monoisotopic (exact) mass is 419 g/mol. The number of benzene rings is 1. The highest BCUT2D eigenvalue weighted by Gasteiger charge is 2.03. The molecule has 1 heterocycles. The smallest absolute Gasteiger partial charge is 0.0995 e. The Hall–Kier alpha value is -0.400. The van der Waals surface area contributed by atoms with Crippen LogP contribution in [0.25, 0.3) is 5.69 Å². The summed E-state index contributed by atoms with van der Waals surface area (Å²) in [6.07, 6.45) is 3.92. The zero-order chi connectivity index (χ0) is 13.1. The molecule has 1 aromatic carbocycles. The second-order valence-electron chi connectivity index (χ2n) is 4.41. The molecular formula is C13H15BrIN3. The maximum Gasteiger partial charge on any atom is 0.0995 e. The maximum absolute atomic E-state index is 4.40. The van der Waals surface area contributed by atoms with E-state index in [-0.39, 0.29) is 0 Å². The number of aromatic nitrogens is 2. The second kappa shape index (κ2) is 6.16. The van der Waals surface area contributed by atoms with Crippen molar-refractivity contribution in [2.75, 3.05) is 0 Å². The third kappa shape index (κ3) is 3.55. The molecule has 0 bridgehead atoms. The molecule has 0 unspecified atom stereocenters. The Morgan fingerprint density at radius 2 is 2.22 bits per heavy atom. The van der Waals surface area contributed by atoms with Gasteiger partial charge in [0.15, 0.2) is 0 Å². The molecule has 0 aliphatic carbocycles. The zero-order valence-corrected chi connectivity index (χ0v) is 14.1. The molecular weight excluding hydrogens is 405 g/mol. The van der Waals surface area contributed by atoms with Gasteiger partial charge in [0.2, 0.25) is 0 Å². The number of rotatable bonds is 4. The molecule has 1 aromatic heterocycles. The zero-order valence-electron chi connectivity index (χ0n) is 10.3. The van der Waals surface area contributed by atoms with E-state index >= 15 is 0 Å². The summed E-state index contributed by atoms with van der Waals surface area (Å²) in [5, 5.41) is 3.36. The van der Waals surface area contributed by atoms with Crippen molar-refractivity contribution in [2.24, 2.45) is 0 Å². The minimum Gasteiger partial charge on any atom is -0.309 e. The van der Waals surface area contributed by atoms with Crippen molar-refractivity contribution in [3.8, 4) is 5.69 Å². The Morgan fingerprint density at radius 1 is 1.44 bits per heavy atom. The van der Waals surface area contributed by atoms with E-state index in [9.17, 15) is 0 Å². The lowest BCUT2D eigenvalue weighted by atomic mass is 10.3. The maximum atomic E-state index is 4.40. The summed E-state index contributed by atoms with van der Waals surface area (Å²) in [5.41, 5.74) is 2.19. The normalized spacial score (nSPS) is 11.2.